The molecule has 0 aliphatic heterocycles. The molecule has 126 valence electrons. The number of urea groups is 1. The SMILES string of the molecule is O=C(NCC(O)Cc1ccccc1)Nc1ccc(Cl)c([N+](=O)[O-])c1. The van der Waals surface area contributed by atoms with Gasteiger partial charge in [0.15, 0.2) is 0 Å². The molecule has 7 nitrogen and oxygen atoms in total. The molecule has 0 saturated carbocycles. The van der Waals surface area contributed by atoms with Crippen molar-refractivity contribution >= 4 is 29.0 Å². The number of nitrogens with one attached hydrogen (secondary N) is 2. The summed E-state index contributed by atoms with van der Waals surface area (Å²) in [5.41, 5.74) is 0.903. The van der Waals surface area contributed by atoms with E-state index in [1.807, 2.05) is 30.3 Å². The minimum absolute atomic E-state index is 0.00996. The quantitative estimate of drug-likeness (QED) is 0.550. The predicted octanol–water partition coefficient (Wildman–Crippen LogP) is 2.97. The summed E-state index contributed by atoms with van der Waals surface area (Å²) in [6.45, 7) is 0.0520. The molecule has 0 spiro atoms. The van der Waals surface area contributed by atoms with Gasteiger partial charge in [-0.25, -0.2) is 4.79 Å². The van der Waals surface area contributed by atoms with E-state index in [0.29, 0.717) is 6.42 Å². The summed E-state index contributed by atoms with van der Waals surface area (Å²) in [4.78, 5) is 22.0. The fourth-order valence-electron chi connectivity index (χ4n) is 2.07. The van der Waals surface area contributed by atoms with E-state index in [9.17, 15) is 20.0 Å². The Hall–Kier alpha value is -2.64. The zero-order valence-electron chi connectivity index (χ0n) is 12.6. The van der Waals surface area contributed by atoms with Gasteiger partial charge in [0.25, 0.3) is 5.69 Å². The van der Waals surface area contributed by atoms with Gasteiger partial charge in [-0.15, -0.1) is 0 Å². The molecule has 0 aromatic heterocycles. The molecular weight excluding hydrogens is 334 g/mol. The molecule has 0 radical (unpaired) electrons. The summed E-state index contributed by atoms with van der Waals surface area (Å²) >= 11 is 5.70. The lowest BCUT2D eigenvalue weighted by molar-refractivity contribution is -0.384. The number of aliphatic hydroxyl groups is 1. The Kier molecular flexibility index (Phi) is 6.11. The number of carbonyl (C=O) groups excluding carboxylic acids is 1. The number of anilines is 1. The van der Waals surface area contributed by atoms with Crippen LogP contribution >= 0.6 is 11.6 Å². The van der Waals surface area contributed by atoms with E-state index in [4.69, 9.17) is 11.6 Å². The topological polar surface area (TPSA) is 104 Å². The minimum atomic E-state index is -0.738. The molecule has 0 aliphatic rings. The smallest absolute Gasteiger partial charge is 0.319 e. The van der Waals surface area contributed by atoms with Gasteiger partial charge in [-0.3, -0.25) is 10.1 Å². The van der Waals surface area contributed by atoms with Crippen molar-refractivity contribution in [1.29, 1.82) is 0 Å². The van der Waals surface area contributed by atoms with Crippen molar-refractivity contribution < 1.29 is 14.8 Å². The first-order valence-electron chi connectivity index (χ1n) is 7.16. The highest BCUT2D eigenvalue weighted by Gasteiger charge is 2.14. The van der Waals surface area contributed by atoms with Crippen molar-refractivity contribution in [3.63, 3.8) is 0 Å². The number of nitrogens with zero attached hydrogens (tertiary/aromatic N) is 1. The van der Waals surface area contributed by atoms with Gasteiger partial charge in [0.05, 0.1) is 11.0 Å². The number of benzene rings is 2. The van der Waals surface area contributed by atoms with Crippen LogP contribution in [0.25, 0.3) is 0 Å². The fourth-order valence-corrected chi connectivity index (χ4v) is 2.26. The van der Waals surface area contributed by atoms with E-state index < -0.39 is 17.1 Å². The molecule has 0 saturated heterocycles. The Balaban J connectivity index is 1.85. The van der Waals surface area contributed by atoms with Gasteiger partial charge in [0.1, 0.15) is 5.02 Å². The number of rotatable bonds is 6. The molecule has 2 aromatic carbocycles. The van der Waals surface area contributed by atoms with E-state index in [2.05, 4.69) is 10.6 Å². The van der Waals surface area contributed by atoms with Crippen LogP contribution in [-0.4, -0.2) is 28.7 Å². The summed E-state index contributed by atoms with van der Waals surface area (Å²) in [7, 11) is 0. The van der Waals surface area contributed by atoms with Crippen LogP contribution < -0.4 is 10.6 Å². The van der Waals surface area contributed by atoms with Crippen LogP contribution in [0.3, 0.4) is 0 Å². The molecule has 0 fully saturated rings. The van der Waals surface area contributed by atoms with Crippen LogP contribution in [0.5, 0.6) is 0 Å². The molecule has 0 heterocycles. The predicted molar refractivity (Wildman–Crippen MR) is 91.3 cm³/mol. The molecule has 2 aromatic rings. The highest BCUT2D eigenvalue weighted by atomic mass is 35.5. The van der Waals surface area contributed by atoms with Gasteiger partial charge in [-0.1, -0.05) is 41.9 Å². The first-order chi connectivity index (χ1) is 11.5. The normalized spacial score (nSPS) is 11.6. The summed E-state index contributed by atoms with van der Waals surface area (Å²) in [6.07, 6.45) is -0.328. The number of halogens is 1. The van der Waals surface area contributed by atoms with Crippen molar-refractivity contribution in [1.82, 2.24) is 5.32 Å². The second kappa shape index (κ2) is 8.28. The Labute approximate surface area is 143 Å². The number of hydrogen-bond acceptors (Lipinski definition) is 4. The first kappa shape index (κ1) is 17.7. The third-order valence-corrected chi connectivity index (χ3v) is 3.53. The van der Waals surface area contributed by atoms with Crippen LogP contribution in [0.15, 0.2) is 48.5 Å². The lowest BCUT2D eigenvalue weighted by Crippen LogP contribution is -2.36. The maximum Gasteiger partial charge on any atom is 0.319 e. The van der Waals surface area contributed by atoms with Crippen molar-refractivity contribution in [3.8, 4) is 0 Å². The van der Waals surface area contributed by atoms with E-state index in [-0.39, 0.29) is 22.9 Å². The molecule has 8 heteroatoms. The second-order valence-electron chi connectivity index (χ2n) is 5.10. The van der Waals surface area contributed by atoms with Gasteiger partial charge < -0.3 is 15.7 Å². The molecule has 3 N–H and O–H groups in total. The molecule has 2 rings (SSSR count). The highest BCUT2D eigenvalue weighted by molar-refractivity contribution is 6.32. The van der Waals surface area contributed by atoms with Crippen LogP contribution in [0.4, 0.5) is 16.2 Å². The largest absolute Gasteiger partial charge is 0.391 e. The number of nitro benzene ring substituents is 1. The van der Waals surface area contributed by atoms with Gasteiger partial charge in [0, 0.05) is 24.7 Å². The minimum Gasteiger partial charge on any atom is -0.391 e. The third-order valence-electron chi connectivity index (χ3n) is 3.21. The van der Waals surface area contributed by atoms with E-state index >= 15 is 0 Å². The van der Waals surface area contributed by atoms with Crippen LogP contribution in [0.2, 0.25) is 5.02 Å². The van der Waals surface area contributed by atoms with E-state index in [1.54, 1.807) is 0 Å². The summed E-state index contributed by atoms with van der Waals surface area (Å²) < 4.78 is 0. The molecule has 0 bridgehead atoms. The van der Waals surface area contributed by atoms with Crippen molar-refractivity contribution in [2.75, 3.05) is 11.9 Å². The lowest BCUT2D eigenvalue weighted by atomic mass is 10.1. The molecule has 24 heavy (non-hydrogen) atoms. The van der Waals surface area contributed by atoms with Crippen molar-refractivity contribution in [2.45, 2.75) is 12.5 Å². The average molecular weight is 350 g/mol. The summed E-state index contributed by atoms with van der Waals surface area (Å²) in [6, 6.07) is 12.8. The fraction of sp³-hybridized carbons (Fsp3) is 0.188. The molecule has 1 unspecified atom stereocenters. The Morgan fingerprint density at radius 2 is 1.96 bits per heavy atom. The molecule has 2 amide bonds. The zero-order chi connectivity index (χ0) is 17.5. The number of amides is 2. The zero-order valence-corrected chi connectivity index (χ0v) is 13.4. The highest BCUT2D eigenvalue weighted by Crippen LogP contribution is 2.27. The van der Waals surface area contributed by atoms with Crippen LogP contribution in [-0.2, 0) is 6.42 Å². The molecule has 1 atom stereocenters. The Bertz CT molecular complexity index is 725. The van der Waals surface area contributed by atoms with Gasteiger partial charge >= 0.3 is 6.03 Å². The summed E-state index contributed by atoms with van der Waals surface area (Å²) in [5.74, 6) is 0. The van der Waals surface area contributed by atoms with Crippen molar-refractivity contribution in [2.24, 2.45) is 0 Å². The van der Waals surface area contributed by atoms with Crippen molar-refractivity contribution in [3.05, 3.63) is 69.2 Å². The van der Waals surface area contributed by atoms with Crippen LogP contribution in [0.1, 0.15) is 5.56 Å². The second-order valence-corrected chi connectivity index (χ2v) is 5.51. The van der Waals surface area contributed by atoms with Gasteiger partial charge in [-0.05, 0) is 17.7 Å². The van der Waals surface area contributed by atoms with Crippen LogP contribution in [0, 0.1) is 10.1 Å². The number of carbonyl (C=O) groups is 1. The Morgan fingerprint density at radius 3 is 2.62 bits per heavy atom. The number of nitro groups is 1. The standard InChI is InChI=1S/C16H16ClN3O4/c17-14-7-6-12(9-15(14)20(23)24)19-16(22)18-10-13(21)8-11-4-2-1-3-5-11/h1-7,9,13,21H,8,10H2,(H2,18,19,22). The van der Waals surface area contributed by atoms with E-state index in [0.717, 1.165) is 5.56 Å². The Morgan fingerprint density at radius 1 is 1.25 bits per heavy atom. The number of hydrogen-bond donors (Lipinski definition) is 3. The summed E-state index contributed by atoms with van der Waals surface area (Å²) in [5, 5.41) is 25.7. The maximum absolute atomic E-state index is 11.8. The maximum atomic E-state index is 11.8. The van der Waals surface area contributed by atoms with Gasteiger partial charge in [-0.2, -0.15) is 0 Å². The average Bonchev–Trinajstić information content (AvgIpc) is 2.55. The number of aliphatic hydroxyl groups excluding tert-OH is 1. The molecular formula is C16H16ClN3O4. The lowest BCUT2D eigenvalue weighted by Gasteiger charge is -2.13. The monoisotopic (exact) mass is 349 g/mol. The first-order valence-corrected chi connectivity index (χ1v) is 7.54. The third kappa shape index (κ3) is 5.22. The van der Waals surface area contributed by atoms with E-state index in [1.165, 1.54) is 18.2 Å². The molecule has 0 aliphatic carbocycles. The van der Waals surface area contributed by atoms with Gasteiger partial charge in [0.2, 0.25) is 0 Å².